The van der Waals surface area contributed by atoms with Crippen LogP contribution < -0.4 is 0 Å². The number of carbonyl (C=O) groups is 1. The van der Waals surface area contributed by atoms with Crippen molar-refractivity contribution in [1.29, 1.82) is 0 Å². The Hall–Kier alpha value is -0.610. The van der Waals surface area contributed by atoms with Crippen LogP contribution in [0.2, 0.25) is 0 Å². The van der Waals surface area contributed by atoms with E-state index in [2.05, 4.69) is 11.7 Å². The van der Waals surface area contributed by atoms with Crippen molar-refractivity contribution in [2.45, 2.75) is 26.7 Å². The summed E-state index contributed by atoms with van der Waals surface area (Å²) in [7, 11) is 2.35. The molecule has 0 fully saturated rings. The molecular weight excluding hydrogens is 160 g/mol. The average Bonchev–Trinajstić information content (AvgIpc) is 2.10. The zero-order valence-corrected chi connectivity index (χ0v) is 8.33. The topological polar surface area (TPSA) is 66.8 Å². The molecule has 0 saturated carbocycles. The smallest absolute Gasteiger partial charge is 0.302 e. The second kappa shape index (κ2) is 22.4. The number of methoxy groups -OCH3 is 1. The predicted molar refractivity (Wildman–Crippen MR) is 47.8 cm³/mol. The lowest BCUT2D eigenvalue weighted by atomic mass is 10.4. The van der Waals surface area contributed by atoms with Gasteiger partial charge in [0.15, 0.2) is 0 Å². The van der Waals surface area contributed by atoms with Gasteiger partial charge < -0.3 is 14.9 Å². The number of ether oxygens (including phenoxy) is 1. The first-order chi connectivity index (χ1) is 5.68. The molecule has 0 aromatic carbocycles. The van der Waals surface area contributed by atoms with Crippen molar-refractivity contribution in [3.8, 4) is 0 Å². The van der Waals surface area contributed by atoms with Crippen LogP contribution >= 0.6 is 0 Å². The van der Waals surface area contributed by atoms with Gasteiger partial charge in [-0.05, 0) is 6.42 Å². The van der Waals surface area contributed by atoms with E-state index in [1.807, 2.05) is 0 Å². The van der Waals surface area contributed by atoms with Gasteiger partial charge in [0.1, 0.15) is 0 Å². The van der Waals surface area contributed by atoms with Gasteiger partial charge in [0.25, 0.3) is 0 Å². The third-order valence-corrected chi connectivity index (χ3v) is 0.799. The molecule has 0 heterocycles. The minimum absolute atomic E-state index is 0.245. The highest BCUT2D eigenvalue weighted by Gasteiger charge is 1.75. The van der Waals surface area contributed by atoms with Gasteiger partial charge in [0, 0.05) is 20.6 Å². The fourth-order valence-corrected chi connectivity index (χ4v) is 0.158. The Labute approximate surface area is 74.2 Å². The van der Waals surface area contributed by atoms with Gasteiger partial charge in [-0.2, -0.15) is 0 Å². The van der Waals surface area contributed by atoms with Gasteiger partial charge >= 0.3 is 5.97 Å². The summed E-state index contributed by atoms with van der Waals surface area (Å²) >= 11 is 0. The van der Waals surface area contributed by atoms with Crippen LogP contribution in [0.4, 0.5) is 0 Å². The summed E-state index contributed by atoms with van der Waals surface area (Å²) in [4.78, 5) is 9.59. The van der Waals surface area contributed by atoms with E-state index in [0.717, 1.165) is 20.0 Å². The Balaban J connectivity index is -0.000000112. The molecule has 4 heteroatoms. The number of hydrogen-bond acceptors (Lipinski definition) is 4. The molecule has 0 aromatic rings. The molecule has 0 aromatic heterocycles. The van der Waals surface area contributed by atoms with Crippen LogP contribution in [0, 0.1) is 0 Å². The van der Waals surface area contributed by atoms with Crippen molar-refractivity contribution in [2.24, 2.45) is 0 Å². The lowest BCUT2D eigenvalue weighted by Gasteiger charge is -1.80. The van der Waals surface area contributed by atoms with Crippen LogP contribution in [0.15, 0.2) is 0 Å². The molecule has 0 saturated heterocycles. The van der Waals surface area contributed by atoms with E-state index >= 15 is 0 Å². The predicted octanol–water partition coefficient (Wildman–Crippen LogP) is 0.567. The lowest BCUT2D eigenvalue weighted by molar-refractivity contribution is -0.137. The molecule has 0 amide bonds. The number of esters is 1. The zero-order chi connectivity index (χ0) is 10.4. The zero-order valence-electron chi connectivity index (χ0n) is 8.33. The van der Waals surface area contributed by atoms with Crippen molar-refractivity contribution in [3.05, 3.63) is 0 Å². The van der Waals surface area contributed by atoms with Crippen LogP contribution in [0.1, 0.15) is 26.7 Å². The van der Waals surface area contributed by atoms with Gasteiger partial charge in [-0.1, -0.05) is 13.3 Å². The Morgan fingerprint density at radius 1 is 1.42 bits per heavy atom. The highest BCUT2D eigenvalue weighted by Crippen LogP contribution is 1.78. The standard InChI is InChI=1S/C4H10O.C3H6O2.CH4O/c1-2-3-4-5;1-3(4)5-2;1-2/h5H,2-4H2,1H3;1-2H3;2H,1H3. The molecule has 2 N–H and O–H groups in total. The van der Waals surface area contributed by atoms with E-state index < -0.39 is 0 Å². The van der Waals surface area contributed by atoms with E-state index in [1.54, 1.807) is 0 Å². The van der Waals surface area contributed by atoms with Crippen molar-refractivity contribution in [2.75, 3.05) is 20.8 Å². The monoisotopic (exact) mass is 180 g/mol. The number of hydrogen-bond donors (Lipinski definition) is 2. The fourth-order valence-electron chi connectivity index (χ4n) is 0.158. The molecule has 4 nitrogen and oxygen atoms in total. The second-order valence-corrected chi connectivity index (χ2v) is 1.77. The lowest BCUT2D eigenvalue weighted by Crippen LogP contribution is -1.88. The molecule has 0 bridgehead atoms. The first-order valence-corrected chi connectivity index (χ1v) is 3.79. The van der Waals surface area contributed by atoms with Gasteiger partial charge in [0.05, 0.1) is 7.11 Å². The second-order valence-electron chi connectivity index (χ2n) is 1.77. The van der Waals surface area contributed by atoms with E-state index in [9.17, 15) is 4.79 Å². The maximum absolute atomic E-state index is 9.59. The van der Waals surface area contributed by atoms with Gasteiger partial charge in [-0.15, -0.1) is 0 Å². The van der Waals surface area contributed by atoms with Crippen molar-refractivity contribution >= 4 is 5.97 Å². The first kappa shape index (κ1) is 17.5. The van der Waals surface area contributed by atoms with E-state index in [-0.39, 0.29) is 5.97 Å². The molecule has 76 valence electrons. The van der Waals surface area contributed by atoms with E-state index in [1.165, 1.54) is 14.0 Å². The van der Waals surface area contributed by atoms with E-state index in [0.29, 0.717) is 6.61 Å². The number of carbonyl (C=O) groups excluding carboxylic acids is 1. The molecular formula is C8H20O4. The van der Waals surface area contributed by atoms with Crippen molar-refractivity contribution in [3.63, 3.8) is 0 Å². The van der Waals surface area contributed by atoms with Crippen LogP contribution in [0.25, 0.3) is 0 Å². The Morgan fingerprint density at radius 3 is 1.75 bits per heavy atom. The molecule has 0 aliphatic heterocycles. The molecule has 0 radical (unpaired) electrons. The highest BCUT2D eigenvalue weighted by atomic mass is 16.5. The van der Waals surface area contributed by atoms with Crippen molar-refractivity contribution < 1.29 is 19.7 Å². The van der Waals surface area contributed by atoms with Crippen LogP contribution in [-0.2, 0) is 9.53 Å². The highest BCUT2D eigenvalue weighted by molar-refractivity contribution is 5.65. The molecule has 0 unspecified atom stereocenters. The summed E-state index contributed by atoms with van der Waals surface area (Å²) in [5, 5.41) is 15.1. The third kappa shape index (κ3) is 57.5. The van der Waals surface area contributed by atoms with Gasteiger partial charge in [0.2, 0.25) is 0 Å². The molecule has 0 atom stereocenters. The summed E-state index contributed by atoms with van der Waals surface area (Å²) in [6, 6.07) is 0. The molecule has 0 aliphatic rings. The first-order valence-electron chi connectivity index (χ1n) is 3.79. The maximum Gasteiger partial charge on any atom is 0.302 e. The summed E-state index contributed by atoms with van der Waals surface area (Å²) in [6.45, 7) is 3.76. The fraction of sp³-hybridized carbons (Fsp3) is 0.875. The van der Waals surface area contributed by atoms with E-state index in [4.69, 9.17) is 10.2 Å². The summed E-state index contributed by atoms with van der Waals surface area (Å²) < 4.78 is 4.11. The van der Waals surface area contributed by atoms with Gasteiger partial charge in [-0.3, -0.25) is 4.79 Å². The average molecular weight is 180 g/mol. The van der Waals surface area contributed by atoms with Crippen LogP contribution in [-0.4, -0.2) is 37.0 Å². The molecule has 0 aliphatic carbocycles. The van der Waals surface area contributed by atoms with Crippen LogP contribution in [0.3, 0.4) is 0 Å². The molecule has 0 rings (SSSR count). The Kier molecular flexibility index (Phi) is 32.7. The number of rotatable bonds is 2. The summed E-state index contributed by atoms with van der Waals surface area (Å²) in [5.41, 5.74) is 0. The minimum atomic E-state index is -0.245. The largest absolute Gasteiger partial charge is 0.469 e. The normalized spacial score (nSPS) is 6.83. The number of aliphatic hydroxyl groups excluding tert-OH is 2. The summed E-state index contributed by atoms with van der Waals surface area (Å²) in [6.07, 6.45) is 2.04. The minimum Gasteiger partial charge on any atom is -0.469 e. The van der Waals surface area contributed by atoms with Gasteiger partial charge in [-0.25, -0.2) is 0 Å². The van der Waals surface area contributed by atoms with Crippen molar-refractivity contribution in [1.82, 2.24) is 0 Å². The quantitative estimate of drug-likeness (QED) is 0.609. The van der Waals surface area contributed by atoms with Crippen LogP contribution in [0.5, 0.6) is 0 Å². The SMILES string of the molecule is CCCCO.CO.COC(C)=O. The number of aliphatic hydroxyl groups is 2. The maximum atomic E-state index is 9.59. The molecule has 12 heavy (non-hydrogen) atoms. The Bertz CT molecular complexity index is 71.5. The Morgan fingerprint density at radius 2 is 1.75 bits per heavy atom. The summed E-state index contributed by atoms with van der Waals surface area (Å²) in [5.74, 6) is -0.245. The molecule has 0 spiro atoms. The third-order valence-electron chi connectivity index (χ3n) is 0.799. The number of unbranched alkanes of at least 4 members (excludes halogenated alkanes) is 1.